The number of hydrogen-bond donors (Lipinski definition) is 1. The summed E-state index contributed by atoms with van der Waals surface area (Å²) >= 11 is 0. The van der Waals surface area contributed by atoms with E-state index in [0.29, 0.717) is 5.54 Å². The zero-order valence-electron chi connectivity index (χ0n) is 9.79. The van der Waals surface area contributed by atoms with E-state index < -0.39 is 0 Å². The lowest BCUT2D eigenvalue weighted by Gasteiger charge is -2.42. The minimum absolute atomic E-state index is 0.378. The molecule has 16 heavy (non-hydrogen) atoms. The molecule has 1 aromatic rings. The predicted octanol–water partition coefficient (Wildman–Crippen LogP) is 2.98. The maximum absolute atomic E-state index is 8.82. The van der Waals surface area contributed by atoms with Gasteiger partial charge in [0.05, 0.1) is 11.6 Å². The lowest BCUT2D eigenvalue weighted by Crippen LogP contribution is -2.49. The number of rotatable bonds is 4. The van der Waals surface area contributed by atoms with Crippen molar-refractivity contribution in [1.29, 1.82) is 5.26 Å². The van der Waals surface area contributed by atoms with Gasteiger partial charge < -0.3 is 5.32 Å². The zero-order valence-corrected chi connectivity index (χ0v) is 9.79. The van der Waals surface area contributed by atoms with Crippen LogP contribution < -0.4 is 5.32 Å². The van der Waals surface area contributed by atoms with Gasteiger partial charge in [-0.1, -0.05) is 19.1 Å². The molecule has 2 heteroatoms. The minimum Gasteiger partial charge on any atom is -0.307 e. The molecule has 0 unspecified atom stereocenters. The average Bonchev–Trinajstić information content (AvgIpc) is 2.29. The Kier molecular flexibility index (Phi) is 3.26. The van der Waals surface area contributed by atoms with E-state index in [1.165, 1.54) is 31.2 Å². The molecule has 0 aromatic heterocycles. The fraction of sp³-hybridized carbons (Fsp3) is 0.500. The average molecular weight is 214 g/mol. The second kappa shape index (κ2) is 4.67. The lowest BCUT2D eigenvalue weighted by molar-refractivity contribution is 0.175. The van der Waals surface area contributed by atoms with Crippen molar-refractivity contribution >= 4 is 0 Å². The van der Waals surface area contributed by atoms with E-state index >= 15 is 0 Å². The first-order valence-electron chi connectivity index (χ1n) is 6.02. The summed E-state index contributed by atoms with van der Waals surface area (Å²) in [5.41, 5.74) is 2.33. The minimum atomic E-state index is 0.378. The monoisotopic (exact) mass is 214 g/mol. The molecular formula is C14H18N2. The van der Waals surface area contributed by atoms with Crippen LogP contribution in [0.15, 0.2) is 24.3 Å². The summed E-state index contributed by atoms with van der Waals surface area (Å²) in [4.78, 5) is 0. The van der Waals surface area contributed by atoms with E-state index in [4.69, 9.17) is 5.26 Å². The van der Waals surface area contributed by atoms with Crippen molar-refractivity contribution in [2.24, 2.45) is 0 Å². The molecule has 84 valence electrons. The summed E-state index contributed by atoms with van der Waals surface area (Å²) in [6.45, 7) is 3.13. The zero-order chi connectivity index (χ0) is 11.4. The fourth-order valence-corrected chi connectivity index (χ4v) is 2.30. The van der Waals surface area contributed by atoms with E-state index in [0.717, 1.165) is 12.1 Å². The van der Waals surface area contributed by atoms with Gasteiger partial charge in [0.25, 0.3) is 0 Å². The van der Waals surface area contributed by atoms with Gasteiger partial charge in [-0.25, -0.2) is 0 Å². The quantitative estimate of drug-likeness (QED) is 0.836. The Morgan fingerprint density at radius 1 is 1.44 bits per heavy atom. The van der Waals surface area contributed by atoms with Crippen LogP contribution in [-0.2, 0) is 6.54 Å². The summed E-state index contributed by atoms with van der Waals surface area (Å²) in [6, 6.07) is 10.0. The van der Waals surface area contributed by atoms with Crippen molar-refractivity contribution in [2.45, 2.75) is 44.7 Å². The van der Waals surface area contributed by atoms with Gasteiger partial charge in [0, 0.05) is 12.1 Å². The largest absolute Gasteiger partial charge is 0.307 e. The SMILES string of the molecule is CCC1(NCc2cccc(C#N)c2)CCC1. The predicted molar refractivity (Wildman–Crippen MR) is 64.9 cm³/mol. The van der Waals surface area contributed by atoms with E-state index in [9.17, 15) is 0 Å². The van der Waals surface area contributed by atoms with Crippen LogP contribution in [0.5, 0.6) is 0 Å². The van der Waals surface area contributed by atoms with Crippen LogP contribution >= 0.6 is 0 Å². The highest BCUT2D eigenvalue weighted by atomic mass is 15.0. The molecule has 1 aliphatic rings. The lowest BCUT2D eigenvalue weighted by atomic mass is 9.75. The molecule has 2 rings (SSSR count). The van der Waals surface area contributed by atoms with Crippen molar-refractivity contribution in [3.05, 3.63) is 35.4 Å². The summed E-state index contributed by atoms with van der Waals surface area (Å²) < 4.78 is 0. The Hall–Kier alpha value is -1.33. The third-order valence-corrected chi connectivity index (χ3v) is 3.71. The van der Waals surface area contributed by atoms with Crippen molar-refractivity contribution < 1.29 is 0 Å². The number of nitrogens with zero attached hydrogens (tertiary/aromatic N) is 1. The number of benzene rings is 1. The van der Waals surface area contributed by atoms with Gasteiger partial charge in [0.2, 0.25) is 0 Å². The molecule has 0 amide bonds. The van der Waals surface area contributed by atoms with E-state index in [1.54, 1.807) is 0 Å². The highest BCUT2D eigenvalue weighted by molar-refractivity contribution is 5.32. The summed E-state index contributed by atoms with van der Waals surface area (Å²) in [7, 11) is 0. The Labute approximate surface area is 97.3 Å². The summed E-state index contributed by atoms with van der Waals surface area (Å²) in [5.74, 6) is 0. The van der Waals surface area contributed by atoms with Gasteiger partial charge >= 0.3 is 0 Å². The topological polar surface area (TPSA) is 35.8 Å². The Morgan fingerprint density at radius 2 is 2.25 bits per heavy atom. The third-order valence-electron chi connectivity index (χ3n) is 3.71. The van der Waals surface area contributed by atoms with E-state index in [1.807, 2.05) is 18.2 Å². The van der Waals surface area contributed by atoms with Gasteiger partial charge in [-0.2, -0.15) is 5.26 Å². The third kappa shape index (κ3) is 2.25. The second-order valence-corrected chi connectivity index (χ2v) is 4.65. The Balaban J connectivity index is 1.96. The van der Waals surface area contributed by atoms with Gasteiger partial charge in [-0.3, -0.25) is 0 Å². The second-order valence-electron chi connectivity index (χ2n) is 4.65. The molecule has 0 spiro atoms. The van der Waals surface area contributed by atoms with Gasteiger partial charge in [0.1, 0.15) is 0 Å². The van der Waals surface area contributed by atoms with Crippen LogP contribution in [0.2, 0.25) is 0 Å². The molecular weight excluding hydrogens is 196 g/mol. The molecule has 1 fully saturated rings. The van der Waals surface area contributed by atoms with Gasteiger partial charge in [-0.15, -0.1) is 0 Å². The smallest absolute Gasteiger partial charge is 0.0991 e. The summed E-state index contributed by atoms with van der Waals surface area (Å²) in [6.07, 6.45) is 5.13. The first-order chi connectivity index (χ1) is 7.78. The molecule has 0 bridgehead atoms. The van der Waals surface area contributed by atoms with E-state index in [2.05, 4.69) is 24.4 Å². The molecule has 1 aromatic carbocycles. The van der Waals surface area contributed by atoms with Crippen molar-refractivity contribution in [1.82, 2.24) is 5.32 Å². The molecule has 0 heterocycles. The maximum atomic E-state index is 8.82. The normalized spacial score (nSPS) is 17.5. The van der Waals surface area contributed by atoms with Crippen molar-refractivity contribution in [2.75, 3.05) is 0 Å². The molecule has 0 saturated heterocycles. The summed E-state index contributed by atoms with van der Waals surface area (Å²) in [5, 5.41) is 12.5. The van der Waals surface area contributed by atoms with Crippen LogP contribution in [-0.4, -0.2) is 5.54 Å². The van der Waals surface area contributed by atoms with Gasteiger partial charge in [-0.05, 0) is 43.4 Å². The van der Waals surface area contributed by atoms with Crippen LogP contribution in [0.1, 0.15) is 43.7 Å². The van der Waals surface area contributed by atoms with Gasteiger partial charge in [0.15, 0.2) is 0 Å². The van der Waals surface area contributed by atoms with Crippen LogP contribution in [0.4, 0.5) is 0 Å². The van der Waals surface area contributed by atoms with Crippen molar-refractivity contribution in [3.63, 3.8) is 0 Å². The first-order valence-corrected chi connectivity index (χ1v) is 6.02. The Bertz CT molecular complexity index is 394. The molecule has 1 saturated carbocycles. The van der Waals surface area contributed by atoms with Crippen LogP contribution in [0.3, 0.4) is 0 Å². The number of nitrogens with one attached hydrogen (secondary N) is 1. The number of nitriles is 1. The number of hydrogen-bond acceptors (Lipinski definition) is 2. The molecule has 1 N–H and O–H groups in total. The maximum Gasteiger partial charge on any atom is 0.0991 e. The molecule has 2 nitrogen and oxygen atoms in total. The van der Waals surface area contributed by atoms with Crippen LogP contribution in [0.25, 0.3) is 0 Å². The Morgan fingerprint density at radius 3 is 2.81 bits per heavy atom. The molecule has 1 aliphatic carbocycles. The molecule has 0 atom stereocenters. The highest BCUT2D eigenvalue weighted by Gasteiger charge is 2.33. The first kappa shape index (κ1) is 11.2. The highest BCUT2D eigenvalue weighted by Crippen LogP contribution is 2.34. The fourth-order valence-electron chi connectivity index (χ4n) is 2.30. The van der Waals surface area contributed by atoms with Crippen LogP contribution in [0, 0.1) is 11.3 Å². The molecule has 0 aliphatic heterocycles. The van der Waals surface area contributed by atoms with Crippen molar-refractivity contribution in [3.8, 4) is 6.07 Å². The standard InChI is InChI=1S/C14H18N2/c1-2-14(7-4-8-14)16-11-13-6-3-5-12(9-13)10-15/h3,5-6,9,16H,2,4,7-8,11H2,1H3. The van der Waals surface area contributed by atoms with E-state index in [-0.39, 0.29) is 0 Å². The molecule has 0 radical (unpaired) electrons.